The Bertz CT molecular complexity index is 685. The number of hydrogen-bond acceptors (Lipinski definition) is 3. The van der Waals surface area contributed by atoms with E-state index in [0.29, 0.717) is 6.42 Å². The second kappa shape index (κ2) is 6.39. The Balaban J connectivity index is 2.37. The van der Waals surface area contributed by atoms with E-state index in [1.165, 1.54) is 6.07 Å². The Morgan fingerprint density at radius 1 is 1.18 bits per heavy atom. The third kappa shape index (κ3) is 3.69. The Labute approximate surface area is 128 Å². The lowest BCUT2D eigenvalue weighted by molar-refractivity contribution is -0.384. The molecule has 5 nitrogen and oxygen atoms in total. The molecule has 1 unspecified atom stereocenters. The number of nitrogens with two attached hydrogens (primary N) is 1. The first-order valence-electron chi connectivity index (χ1n) is 6.98. The molecule has 2 aromatic carbocycles. The zero-order valence-corrected chi connectivity index (χ0v) is 12.4. The minimum absolute atomic E-state index is 0.0481. The van der Waals surface area contributed by atoms with E-state index in [0.717, 1.165) is 11.1 Å². The first-order valence-corrected chi connectivity index (χ1v) is 6.98. The van der Waals surface area contributed by atoms with Crippen LogP contribution in [0.3, 0.4) is 0 Å². The van der Waals surface area contributed by atoms with E-state index in [4.69, 9.17) is 5.73 Å². The van der Waals surface area contributed by atoms with E-state index in [9.17, 15) is 14.9 Å². The van der Waals surface area contributed by atoms with Gasteiger partial charge in [-0.15, -0.1) is 0 Å². The first-order chi connectivity index (χ1) is 10.4. The van der Waals surface area contributed by atoms with Crippen LogP contribution in [0.2, 0.25) is 0 Å². The topological polar surface area (TPSA) is 86.2 Å². The molecule has 2 N–H and O–H groups in total. The fourth-order valence-electron chi connectivity index (χ4n) is 2.72. The van der Waals surface area contributed by atoms with E-state index in [1.54, 1.807) is 12.1 Å². The molecule has 0 spiro atoms. The van der Waals surface area contributed by atoms with Crippen molar-refractivity contribution in [1.82, 2.24) is 0 Å². The molecule has 0 aliphatic rings. The van der Waals surface area contributed by atoms with Crippen molar-refractivity contribution in [3.63, 3.8) is 0 Å². The molecule has 2 rings (SSSR count). The van der Waals surface area contributed by atoms with Crippen molar-refractivity contribution < 1.29 is 9.72 Å². The predicted octanol–water partition coefficient (Wildman–Crippen LogP) is 2.97. The van der Waals surface area contributed by atoms with Gasteiger partial charge < -0.3 is 5.73 Å². The second-order valence-electron chi connectivity index (χ2n) is 5.67. The summed E-state index contributed by atoms with van der Waals surface area (Å²) in [5, 5.41) is 10.9. The average molecular weight is 298 g/mol. The van der Waals surface area contributed by atoms with E-state index >= 15 is 0 Å². The Hall–Kier alpha value is -2.69. The van der Waals surface area contributed by atoms with Gasteiger partial charge in [0.05, 0.1) is 4.92 Å². The molecule has 0 fully saturated rings. The van der Waals surface area contributed by atoms with Gasteiger partial charge in [-0.1, -0.05) is 49.4 Å². The molecule has 2 aromatic rings. The summed E-state index contributed by atoms with van der Waals surface area (Å²) in [6.45, 7) is 1.95. The minimum atomic E-state index is -0.498. The van der Waals surface area contributed by atoms with Crippen molar-refractivity contribution in [3.05, 3.63) is 75.8 Å². The third-order valence-corrected chi connectivity index (χ3v) is 3.75. The van der Waals surface area contributed by atoms with Gasteiger partial charge in [-0.3, -0.25) is 14.9 Å². The standard InChI is InChI=1S/C17H18N2O3/c1-17(12-16(18)20,14-7-3-2-4-8-14)11-13-6-5-9-15(10-13)19(21)22/h2-10H,11-12H2,1H3,(H2,18,20). The first kappa shape index (κ1) is 15.7. The molecule has 0 heterocycles. The van der Waals surface area contributed by atoms with Crippen LogP contribution >= 0.6 is 0 Å². The van der Waals surface area contributed by atoms with Crippen LogP contribution in [0.15, 0.2) is 54.6 Å². The van der Waals surface area contributed by atoms with Crippen molar-refractivity contribution in [1.29, 1.82) is 0 Å². The van der Waals surface area contributed by atoms with Gasteiger partial charge in [-0.05, 0) is 17.5 Å². The Kier molecular flexibility index (Phi) is 4.56. The lowest BCUT2D eigenvalue weighted by atomic mass is 9.74. The van der Waals surface area contributed by atoms with Gasteiger partial charge in [-0.2, -0.15) is 0 Å². The van der Waals surface area contributed by atoms with Gasteiger partial charge in [0.1, 0.15) is 0 Å². The van der Waals surface area contributed by atoms with Crippen molar-refractivity contribution in [2.75, 3.05) is 0 Å². The largest absolute Gasteiger partial charge is 0.370 e. The number of hydrogen-bond donors (Lipinski definition) is 1. The molecular weight excluding hydrogens is 280 g/mol. The zero-order chi connectivity index (χ0) is 16.2. The molecule has 0 saturated carbocycles. The van der Waals surface area contributed by atoms with E-state index < -0.39 is 16.2 Å². The van der Waals surface area contributed by atoms with Crippen LogP contribution in [-0.4, -0.2) is 10.8 Å². The fraction of sp³-hybridized carbons (Fsp3) is 0.235. The maximum atomic E-state index is 11.5. The van der Waals surface area contributed by atoms with Crippen LogP contribution < -0.4 is 5.73 Å². The summed E-state index contributed by atoms with van der Waals surface area (Å²) in [6, 6.07) is 16.1. The number of amides is 1. The van der Waals surface area contributed by atoms with Crippen LogP contribution in [0.25, 0.3) is 0 Å². The lowest BCUT2D eigenvalue weighted by Gasteiger charge is -2.29. The van der Waals surface area contributed by atoms with Gasteiger partial charge in [0.15, 0.2) is 0 Å². The maximum absolute atomic E-state index is 11.5. The number of carbonyl (C=O) groups is 1. The normalized spacial score (nSPS) is 13.3. The molecule has 0 aliphatic heterocycles. The molecule has 0 aromatic heterocycles. The zero-order valence-electron chi connectivity index (χ0n) is 12.4. The number of benzene rings is 2. The third-order valence-electron chi connectivity index (χ3n) is 3.75. The van der Waals surface area contributed by atoms with Crippen molar-refractivity contribution in [3.8, 4) is 0 Å². The van der Waals surface area contributed by atoms with Crippen molar-refractivity contribution in [2.24, 2.45) is 5.73 Å². The summed E-state index contributed by atoms with van der Waals surface area (Å²) in [5.74, 6) is -0.392. The molecule has 1 amide bonds. The van der Waals surface area contributed by atoms with Crippen molar-refractivity contribution >= 4 is 11.6 Å². The Morgan fingerprint density at radius 2 is 1.86 bits per heavy atom. The Morgan fingerprint density at radius 3 is 2.45 bits per heavy atom. The van der Waals surface area contributed by atoms with Gasteiger partial charge in [0, 0.05) is 24.0 Å². The summed E-state index contributed by atoms with van der Waals surface area (Å²) >= 11 is 0. The van der Waals surface area contributed by atoms with Gasteiger partial charge in [0.25, 0.3) is 5.69 Å². The molecule has 0 bridgehead atoms. The second-order valence-corrected chi connectivity index (χ2v) is 5.67. The van der Waals surface area contributed by atoms with Crippen LogP contribution in [0.5, 0.6) is 0 Å². The minimum Gasteiger partial charge on any atom is -0.370 e. The highest BCUT2D eigenvalue weighted by atomic mass is 16.6. The quantitative estimate of drug-likeness (QED) is 0.657. The predicted molar refractivity (Wildman–Crippen MR) is 84.4 cm³/mol. The summed E-state index contributed by atoms with van der Waals surface area (Å²) in [5.41, 5.74) is 6.74. The number of carbonyl (C=O) groups excluding carboxylic acids is 1. The molecule has 1 atom stereocenters. The highest BCUT2D eigenvalue weighted by Gasteiger charge is 2.29. The number of nitro groups is 1. The molecule has 114 valence electrons. The molecule has 0 saturated heterocycles. The SMILES string of the molecule is CC(CC(N)=O)(Cc1cccc([N+](=O)[O-])c1)c1ccccc1. The fourth-order valence-corrected chi connectivity index (χ4v) is 2.72. The smallest absolute Gasteiger partial charge is 0.269 e. The number of primary amides is 1. The van der Waals surface area contributed by atoms with Crippen LogP contribution in [0.1, 0.15) is 24.5 Å². The van der Waals surface area contributed by atoms with Gasteiger partial charge >= 0.3 is 0 Å². The highest BCUT2D eigenvalue weighted by molar-refractivity contribution is 5.75. The van der Waals surface area contributed by atoms with E-state index in [1.807, 2.05) is 43.3 Å². The van der Waals surface area contributed by atoms with Crippen LogP contribution in [0, 0.1) is 10.1 Å². The average Bonchev–Trinajstić information content (AvgIpc) is 2.47. The number of rotatable bonds is 6. The molecular formula is C17H18N2O3. The number of nitro benzene ring substituents is 1. The summed E-state index contributed by atoms with van der Waals surface area (Å²) in [7, 11) is 0. The maximum Gasteiger partial charge on any atom is 0.269 e. The highest BCUT2D eigenvalue weighted by Crippen LogP contribution is 2.32. The van der Waals surface area contributed by atoms with E-state index in [2.05, 4.69) is 0 Å². The summed E-state index contributed by atoms with van der Waals surface area (Å²) in [4.78, 5) is 21.9. The monoisotopic (exact) mass is 298 g/mol. The summed E-state index contributed by atoms with van der Waals surface area (Å²) < 4.78 is 0. The van der Waals surface area contributed by atoms with Crippen LogP contribution in [0.4, 0.5) is 5.69 Å². The summed E-state index contributed by atoms with van der Waals surface area (Å²) in [6.07, 6.45) is 0.682. The lowest BCUT2D eigenvalue weighted by Crippen LogP contribution is -2.31. The molecule has 5 heteroatoms. The molecule has 0 radical (unpaired) electrons. The number of non-ortho nitro benzene ring substituents is 1. The number of nitrogens with zero attached hydrogens (tertiary/aromatic N) is 1. The van der Waals surface area contributed by atoms with Gasteiger partial charge in [0.2, 0.25) is 5.91 Å². The van der Waals surface area contributed by atoms with E-state index in [-0.39, 0.29) is 12.1 Å². The van der Waals surface area contributed by atoms with Gasteiger partial charge in [-0.25, -0.2) is 0 Å². The van der Waals surface area contributed by atoms with Crippen molar-refractivity contribution in [2.45, 2.75) is 25.2 Å². The molecule has 22 heavy (non-hydrogen) atoms. The van der Waals surface area contributed by atoms with Crippen LogP contribution in [-0.2, 0) is 16.6 Å². The molecule has 0 aliphatic carbocycles.